The SMILES string of the molecule is O=C(Cn1sc2cc(F)ccc2c1=O)Nc1cccc(Cl)c1Cl. The van der Waals surface area contributed by atoms with E-state index in [1.54, 1.807) is 18.2 Å². The minimum Gasteiger partial charge on any atom is -0.323 e. The van der Waals surface area contributed by atoms with E-state index in [2.05, 4.69) is 5.32 Å². The second kappa shape index (κ2) is 6.31. The normalized spacial score (nSPS) is 10.9. The molecule has 4 nitrogen and oxygen atoms in total. The van der Waals surface area contributed by atoms with Gasteiger partial charge in [0.25, 0.3) is 5.56 Å². The van der Waals surface area contributed by atoms with Crippen LogP contribution in [-0.2, 0) is 11.3 Å². The Morgan fingerprint density at radius 3 is 2.83 bits per heavy atom. The van der Waals surface area contributed by atoms with Crippen molar-refractivity contribution in [3.63, 3.8) is 0 Å². The van der Waals surface area contributed by atoms with Crippen LogP contribution in [0.4, 0.5) is 10.1 Å². The van der Waals surface area contributed by atoms with Gasteiger partial charge in [-0.25, -0.2) is 4.39 Å². The molecular weight excluding hydrogens is 362 g/mol. The van der Waals surface area contributed by atoms with Gasteiger partial charge in [0, 0.05) is 0 Å². The molecule has 3 aromatic rings. The number of fused-ring (bicyclic) bond motifs is 1. The highest BCUT2D eigenvalue weighted by atomic mass is 35.5. The number of nitrogens with zero attached hydrogens (tertiary/aromatic N) is 1. The molecule has 1 N–H and O–H groups in total. The van der Waals surface area contributed by atoms with Crippen LogP contribution < -0.4 is 10.9 Å². The number of hydrogen-bond acceptors (Lipinski definition) is 3. The monoisotopic (exact) mass is 370 g/mol. The summed E-state index contributed by atoms with van der Waals surface area (Å²) in [6.45, 7) is -0.192. The number of hydrogen-bond donors (Lipinski definition) is 1. The molecule has 0 aliphatic heterocycles. The van der Waals surface area contributed by atoms with Gasteiger partial charge >= 0.3 is 0 Å². The van der Waals surface area contributed by atoms with Crippen LogP contribution in [0.1, 0.15) is 0 Å². The number of carbonyl (C=O) groups excluding carboxylic acids is 1. The second-order valence-corrected chi connectivity index (χ2v) is 6.57. The Balaban J connectivity index is 1.84. The maximum atomic E-state index is 13.2. The van der Waals surface area contributed by atoms with Gasteiger partial charge in [0.1, 0.15) is 12.4 Å². The molecule has 0 atom stereocenters. The Morgan fingerprint density at radius 1 is 1.26 bits per heavy atom. The summed E-state index contributed by atoms with van der Waals surface area (Å²) in [6.07, 6.45) is 0. The number of carbonyl (C=O) groups is 1. The average molecular weight is 371 g/mol. The van der Waals surface area contributed by atoms with Crippen molar-refractivity contribution in [2.24, 2.45) is 0 Å². The molecule has 0 bridgehead atoms. The maximum Gasteiger partial charge on any atom is 0.269 e. The van der Waals surface area contributed by atoms with Crippen LogP contribution in [0.5, 0.6) is 0 Å². The van der Waals surface area contributed by atoms with E-state index in [-0.39, 0.29) is 17.1 Å². The Morgan fingerprint density at radius 2 is 2.04 bits per heavy atom. The van der Waals surface area contributed by atoms with Crippen molar-refractivity contribution >= 4 is 56.4 Å². The van der Waals surface area contributed by atoms with Crippen molar-refractivity contribution in [2.75, 3.05) is 5.32 Å². The van der Waals surface area contributed by atoms with Crippen molar-refractivity contribution in [3.05, 3.63) is 62.6 Å². The zero-order valence-electron chi connectivity index (χ0n) is 11.5. The van der Waals surface area contributed by atoms with E-state index in [4.69, 9.17) is 23.2 Å². The van der Waals surface area contributed by atoms with Gasteiger partial charge in [-0.2, -0.15) is 0 Å². The first kappa shape index (κ1) is 16.0. The largest absolute Gasteiger partial charge is 0.323 e. The van der Waals surface area contributed by atoms with Crippen LogP contribution >= 0.6 is 34.7 Å². The first-order valence-corrected chi connectivity index (χ1v) is 8.02. The molecule has 0 saturated carbocycles. The predicted molar refractivity (Wildman–Crippen MR) is 91.1 cm³/mol. The second-order valence-electron chi connectivity index (χ2n) is 4.72. The van der Waals surface area contributed by atoms with E-state index < -0.39 is 11.7 Å². The highest BCUT2D eigenvalue weighted by Crippen LogP contribution is 2.29. The summed E-state index contributed by atoms with van der Waals surface area (Å²) in [4.78, 5) is 24.3. The molecule has 0 aliphatic carbocycles. The topological polar surface area (TPSA) is 51.1 Å². The lowest BCUT2D eigenvalue weighted by Crippen LogP contribution is -2.23. The van der Waals surface area contributed by atoms with Gasteiger partial charge < -0.3 is 5.32 Å². The maximum absolute atomic E-state index is 13.2. The molecule has 0 aliphatic rings. The molecule has 0 spiro atoms. The third-order valence-electron chi connectivity index (χ3n) is 3.12. The Kier molecular flexibility index (Phi) is 4.39. The fourth-order valence-electron chi connectivity index (χ4n) is 2.07. The first-order valence-electron chi connectivity index (χ1n) is 6.49. The van der Waals surface area contributed by atoms with Crippen molar-refractivity contribution in [1.82, 2.24) is 3.96 Å². The lowest BCUT2D eigenvalue weighted by molar-refractivity contribution is -0.116. The minimum absolute atomic E-state index is 0.192. The molecule has 23 heavy (non-hydrogen) atoms. The number of anilines is 1. The summed E-state index contributed by atoms with van der Waals surface area (Å²) in [5, 5.41) is 3.53. The molecular formula is C15H9Cl2FN2O2S. The smallest absolute Gasteiger partial charge is 0.269 e. The molecule has 0 saturated heterocycles. The summed E-state index contributed by atoms with van der Waals surface area (Å²) < 4.78 is 15.0. The Hall–Kier alpha value is -1.89. The number of halogens is 3. The third-order valence-corrected chi connectivity index (χ3v) is 4.99. The molecule has 2 aromatic carbocycles. The van der Waals surface area contributed by atoms with Gasteiger partial charge in [-0.05, 0) is 30.3 Å². The summed E-state index contributed by atoms with van der Waals surface area (Å²) in [5.41, 5.74) is 0.0294. The molecule has 1 amide bonds. The minimum atomic E-state index is -0.430. The van der Waals surface area contributed by atoms with E-state index in [1.807, 2.05) is 0 Å². The van der Waals surface area contributed by atoms with Crippen LogP contribution in [-0.4, -0.2) is 9.86 Å². The molecule has 0 radical (unpaired) electrons. The quantitative estimate of drug-likeness (QED) is 0.752. The zero-order chi connectivity index (χ0) is 16.6. The third kappa shape index (κ3) is 3.24. The molecule has 0 unspecified atom stereocenters. The van der Waals surface area contributed by atoms with Gasteiger partial charge in [-0.15, -0.1) is 0 Å². The van der Waals surface area contributed by atoms with E-state index in [0.29, 0.717) is 20.8 Å². The Bertz CT molecular complexity index is 968. The summed E-state index contributed by atoms with van der Waals surface area (Å²) in [6, 6.07) is 8.75. The molecule has 1 aromatic heterocycles. The van der Waals surface area contributed by atoms with Crippen molar-refractivity contribution < 1.29 is 9.18 Å². The van der Waals surface area contributed by atoms with Crippen molar-refractivity contribution in [3.8, 4) is 0 Å². The highest BCUT2D eigenvalue weighted by Gasteiger charge is 2.13. The number of amides is 1. The van der Waals surface area contributed by atoms with Gasteiger partial charge in [-0.1, -0.05) is 40.8 Å². The summed E-state index contributed by atoms with van der Waals surface area (Å²) in [7, 11) is 0. The van der Waals surface area contributed by atoms with Gasteiger partial charge in [0.05, 0.1) is 25.8 Å². The van der Waals surface area contributed by atoms with Crippen molar-refractivity contribution in [1.29, 1.82) is 0 Å². The van der Waals surface area contributed by atoms with Crippen LogP contribution in [0.3, 0.4) is 0 Å². The van der Waals surface area contributed by atoms with Gasteiger partial charge in [0.15, 0.2) is 0 Å². The number of aromatic nitrogens is 1. The highest BCUT2D eigenvalue weighted by molar-refractivity contribution is 7.13. The molecule has 8 heteroatoms. The van der Waals surface area contributed by atoms with E-state index in [0.717, 1.165) is 11.5 Å². The summed E-state index contributed by atoms with van der Waals surface area (Å²) >= 11 is 12.9. The first-order chi connectivity index (χ1) is 11.0. The number of benzene rings is 2. The van der Waals surface area contributed by atoms with Gasteiger partial charge in [-0.3, -0.25) is 13.5 Å². The molecule has 1 heterocycles. The Labute approximate surface area is 144 Å². The predicted octanol–water partition coefficient (Wildman–Crippen LogP) is 4.15. The van der Waals surface area contributed by atoms with Gasteiger partial charge in [0.2, 0.25) is 5.91 Å². The van der Waals surface area contributed by atoms with E-state index in [1.165, 1.54) is 22.2 Å². The van der Waals surface area contributed by atoms with Crippen LogP contribution in [0.2, 0.25) is 10.0 Å². The van der Waals surface area contributed by atoms with E-state index >= 15 is 0 Å². The molecule has 118 valence electrons. The lowest BCUT2D eigenvalue weighted by atomic mass is 10.3. The molecule has 0 fully saturated rings. The van der Waals surface area contributed by atoms with Crippen LogP contribution in [0.15, 0.2) is 41.2 Å². The van der Waals surface area contributed by atoms with Crippen LogP contribution in [0, 0.1) is 5.82 Å². The fraction of sp³-hybridized carbons (Fsp3) is 0.0667. The average Bonchev–Trinajstić information content (AvgIpc) is 2.79. The van der Waals surface area contributed by atoms with Crippen LogP contribution in [0.25, 0.3) is 10.1 Å². The van der Waals surface area contributed by atoms with E-state index in [9.17, 15) is 14.0 Å². The molecule has 3 rings (SSSR count). The summed E-state index contributed by atoms with van der Waals surface area (Å²) in [5.74, 6) is -0.857. The van der Waals surface area contributed by atoms with Crippen molar-refractivity contribution in [2.45, 2.75) is 6.54 Å². The standard InChI is InChI=1S/C15H9Cl2FN2O2S/c16-10-2-1-3-11(14(10)17)19-13(21)7-20-15(22)9-5-4-8(18)6-12(9)23-20/h1-6H,7H2,(H,19,21). The number of nitrogens with one attached hydrogen (secondary N) is 1. The zero-order valence-corrected chi connectivity index (χ0v) is 13.8. The number of rotatable bonds is 3. The lowest BCUT2D eigenvalue weighted by Gasteiger charge is -2.07. The fourth-order valence-corrected chi connectivity index (χ4v) is 3.43.